The van der Waals surface area contributed by atoms with Gasteiger partial charge in [-0.15, -0.1) is 0 Å². The van der Waals surface area contributed by atoms with Gasteiger partial charge in [-0.05, 0) is 36.4 Å². The maximum absolute atomic E-state index is 13.3. The van der Waals surface area contributed by atoms with Crippen molar-refractivity contribution in [2.45, 2.75) is 6.18 Å². The first-order chi connectivity index (χ1) is 13.5. The molecule has 0 bridgehead atoms. The van der Waals surface area contributed by atoms with Gasteiger partial charge in [0.15, 0.2) is 5.69 Å². The minimum absolute atomic E-state index is 0.0568. The first-order valence-electron chi connectivity index (χ1n) is 8.04. The molecule has 0 aliphatic rings. The van der Waals surface area contributed by atoms with Crippen molar-refractivity contribution in [3.63, 3.8) is 0 Å². The molecule has 0 spiro atoms. The third kappa shape index (κ3) is 4.57. The topological polar surface area (TPSA) is 101 Å². The van der Waals surface area contributed by atoms with Gasteiger partial charge in [0.25, 0.3) is 0 Å². The Morgan fingerprint density at radius 3 is 2.28 bits per heavy atom. The van der Waals surface area contributed by atoms with E-state index in [1.165, 1.54) is 48.5 Å². The molecule has 11 heteroatoms. The average Bonchev–Trinajstić information content (AvgIpc) is 3.06. The Kier molecular flexibility index (Phi) is 5.09. The van der Waals surface area contributed by atoms with Crippen LogP contribution in [-0.2, 0) is 16.2 Å². The lowest BCUT2D eigenvalue weighted by Gasteiger charge is -2.11. The molecule has 3 rings (SSSR count). The molecule has 2 aromatic carbocycles. The molecule has 1 aromatic heterocycles. The van der Waals surface area contributed by atoms with Gasteiger partial charge in [0, 0.05) is 11.3 Å². The number of sulfonamides is 1. The molecular formula is C18H14F3N3O4S. The molecular weight excluding hydrogens is 411 g/mol. The van der Waals surface area contributed by atoms with Gasteiger partial charge in [-0.2, -0.15) is 18.3 Å². The zero-order chi connectivity index (χ0) is 21.4. The van der Waals surface area contributed by atoms with Gasteiger partial charge < -0.3 is 5.11 Å². The zero-order valence-corrected chi connectivity index (χ0v) is 15.6. The summed E-state index contributed by atoms with van der Waals surface area (Å²) in [6, 6.07) is 11.9. The number of halogens is 3. The molecule has 0 saturated carbocycles. The summed E-state index contributed by atoms with van der Waals surface area (Å²) in [4.78, 5) is 11.5. The third-order valence-corrected chi connectivity index (χ3v) is 4.45. The maximum Gasteiger partial charge on any atom is 0.435 e. The molecule has 0 amide bonds. The van der Waals surface area contributed by atoms with Crippen LogP contribution in [0.3, 0.4) is 0 Å². The summed E-state index contributed by atoms with van der Waals surface area (Å²) in [5.74, 6) is -1.30. The maximum atomic E-state index is 13.3. The van der Waals surface area contributed by atoms with Crippen LogP contribution in [0.25, 0.3) is 16.9 Å². The molecule has 0 unspecified atom stereocenters. The molecule has 0 aliphatic heterocycles. The van der Waals surface area contributed by atoms with E-state index in [-0.39, 0.29) is 28.2 Å². The van der Waals surface area contributed by atoms with Crippen molar-refractivity contribution in [1.82, 2.24) is 9.78 Å². The van der Waals surface area contributed by atoms with E-state index >= 15 is 0 Å². The van der Waals surface area contributed by atoms with Gasteiger partial charge in [0.05, 0.1) is 23.2 Å². The molecule has 0 aliphatic carbocycles. The number of alkyl halides is 3. The monoisotopic (exact) mass is 425 g/mol. The molecule has 0 atom stereocenters. The first-order valence-corrected chi connectivity index (χ1v) is 9.93. The number of hydrogen-bond donors (Lipinski definition) is 2. The summed E-state index contributed by atoms with van der Waals surface area (Å²) >= 11 is 0. The molecule has 1 heterocycles. The number of aromatic carboxylic acids is 1. The van der Waals surface area contributed by atoms with E-state index in [1.807, 2.05) is 0 Å². The Hall–Kier alpha value is -3.34. The number of hydrogen-bond acceptors (Lipinski definition) is 4. The van der Waals surface area contributed by atoms with Gasteiger partial charge >= 0.3 is 12.1 Å². The van der Waals surface area contributed by atoms with Gasteiger partial charge in [-0.25, -0.2) is 17.9 Å². The second kappa shape index (κ2) is 7.24. The summed E-state index contributed by atoms with van der Waals surface area (Å²) in [6.45, 7) is 0. The Bertz CT molecular complexity index is 1170. The van der Waals surface area contributed by atoms with Gasteiger partial charge in [0.2, 0.25) is 10.0 Å². The van der Waals surface area contributed by atoms with Gasteiger partial charge in [0.1, 0.15) is 0 Å². The predicted molar refractivity (Wildman–Crippen MR) is 99.4 cm³/mol. The van der Waals surface area contributed by atoms with E-state index in [0.717, 1.165) is 17.0 Å². The number of aromatic nitrogens is 2. The van der Waals surface area contributed by atoms with E-state index in [9.17, 15) is 31.5 Å². The van der Waals surface area contributed by atoms with Crippen LogP contribution in [0.4, 0.5) is 18.9 Å². The molecule has 0 fully saturated rings. The summed E-state index contributed by atoms with van der Waals surface area (Å²) in [5, 5.41) is 13.0. The van der Waals surface area contributed by atoms with E-state index in [4.69, 9.17) is 0 Å². The Morgan fingerprint density at radius 2 is 1.72 bits per heavy atom. The van der Waals surface area contributed by atoms with Crippen LogP contribution in [0.1, 0.15) is 16.1 Å². The molecule has 152 valence electrons. The van der Waals surface area contributed by atoms with Crippen LogP contribution in [0.15, 0.2) is 54.6 Å². The predicted octanol–water partition coefficient (Wildman–Crippen LogP) is 3.63. The highest BCUT2D eigenvalue weighted by Crippen LogP contribution is 2.34. The summed E-state index contributed by atoms with van der Waals surface area (Å²) in [6.07, 6.45) is -3.78. The number of nitrogens with zero attached hydrogens (tertiary/aromatic N) is 2. The fraction of sp³-hybridized carbons (Fsp3) is 0.111. The van der Waals surface area contributed by atoms with Crippen LogP contribution < -0.4 is 4.72 Å². The number of anilines is 1. The zero-order valence-electron chi connectivity index (χ0n) is 14.8. The molecule has 7 nitrogen and oxygen atoms in total. The number of nitrogens with one attached hydrogen (secondary N) is 1. The highest BCUT2D eigenvalue weighted by Gasteiger charge is 2.35. The number of carboxylic acids is 1. The van der Waals surface area contributed by atoms with E-state index in [2.05, 4.69) is 9.82 Å². The summed E-state index contributed by atoms with van der Waals surface area (Å²) in [7, 11) is -3.52. The number of carbonyl (C=O) groups is 1. The van der Waals surface area contributed by atoms with Gasteiger partial charge in [-0.1, -0.05) is 18.2 Å². The quantitative estimate of drug-likeness (QED) is 0.650. The first kappa shape index (κ1) is 20.4. The Balaban J connectivity index is 2.17. The molecule has 29 heavy (non-hydrogen) atoms. The largest absolute Gasteiger partial charge is 0.478 e. The van der Waals surface area contributed by atoms with Crippen LogP contribution >= 0.6 is 0 Å². The number of carboxylic acid groups (broad SMARTS) is 1. The third-order valence-electron chi connectivity index (χ3n) is 3.85. The van der Waals surface area contributed by atoms with Crippen molar-refractivity contribution in [2.75, 3.05) is 11.0 Å². The Labute approximate surface area is 163 Å². The molecule has 3 aromatic rings. The van der Waals surface area contributed by atoms with Gasteiger partial charge in [-0.3, -0.25) is 4.72 Å². The summed E-state index contributed by atoms with van der Waals surface area (Å²) in [5.41, 5.74) is -0.981. The molecule has 0 saturated heterocycles. The standard InChI is InChI=1S/C18H14F3N3O4S/c1-29(27,28)23-11-6-8-12(9-7-11)24-15(10-16(22-24)18(19,20)21)13-4-2-3-5-14(13)17(25)26/h2-10,23H,1H3,(H,25,26). The number of benzene rings is 2. The van der Waals surface area contributed by atoms with E-state index in [1.54, 1.807) is 0 Å². The van der Waals surface area contributed by atoms with Crippen molar-refractivity contribution in [3.8, 4) is 16.9 Å². The lowest BCUT2D eigenvalue weighted by atomic mass is 10.0. The lowest BCUT2D eigenvalue weighted by Crippen LogP contribution is -2.10. The van der Waals surface area contributed by atoms with Crippen LogP contribution in [0.2, 0.25) is 0 Å². The smallest absolute Gasteiger partial charge is 0.435 e. The minimum atomic E-state index is -4.74. The Morgan fingerprint density at radius 1 is 1.10 bits per heavy atom. The van der Waals surface area contributed by atoms with Crippen LogP contribution in [0, 0.1) is 0 Å². The normalized spacial score (nSPS) is 12.0. The molecule has 2 N–H and O–H groups in total. The highest BCUT2D eigenvalue weighted by molar-refractivity contribution is 7.92. The second-order valence-electron chi connectivity index (χ2n) is 6.10. The number of rotatable bonds is 5. The SMILES string of the molecule is CS(=O)(=O)Nc1ccc(-n2nc(C(F)(F)F)cc2-c2ccccc2C(=O)O)cc1. The second-order valence-corrected chi connectivity index (χ2v) is 7.84. The van der Waals surface area contributed by atoms with Crippen LogP contribution in [0.5, 0.6) is 0 Å². The van der Waals surface area contributed by atoms with E-state index in [0.29, 0.717) is 0 Å². The van der Waals surface area contributed by atoms with Crippen molar-refractivity contribution in [3.05, 3.63) is 65.9 Å². The average molecular weight is 425 g/mol. The van der Waals surface area contributed by atoms with Crippen molar-refractivity contribution >= 4 is 21.7 Å². The van der Waals surface area contributed by atoms with Crippen molar-refractivity contribution in [1.29, 1.82) is 0 Å². The fourth-order valence-corrected chi connectivity index (χ4v) is 3.25. The van der Waals surface area contributed by atoms with Crippen LogP contribution in [-0.4, -0.2) is 35.5 Å². The summed E-state index contributed by atoms with van der Waals surface area (Å²) < 4.78 is 65.6. The van der Waals surface area contributed by atoms with E-state index < -0.39 is 27.9 Å². The van der Waals surface area contributed by atoms with Crippen molar-refractivity contribution in [2.24, 2.45) is 0 Å². The minimum Gasteiger partial charge on any atom is -0.478 e. The highest BCUT2D eigenvalue weighted by atomic mass is 32.2. The molecule has 0 radical (unpaired) electrons. The fourth-order valence-electron chi connectivity index (χ4n) is 2.69. The van der Waals surface area contributed by atoms with Crippen molar-refractivity contribution < 1.29 is 31.5 Å². The lowest BCUT2D eigenvalue weighted by molar-refractivity contribution is -0.141.